The van der Waals surface area contributed by atoms with E-state index in [0.717, 1.165) is 23.4 Å². The highest BCUT2D eigenvalue weighted by Crippen LogP contribution is 2.25. The summed E-state index contributed by atoms with van der Waals surface area (Å²) in [6.07, 6.45) is 8.63. The quantitative estimate of drug-likeness (QED) is 0.402. The average molecular weight is 490 g/mol. The fourth-order valence-electron chi connectivity index (χ4n) is 4.59. The van der Waals surface area contributed by atoms with E-state index >= 15 is 0 Å². The Labute approximate surface area is 216 Å². The van der Waals surface area contributed by atoms with Gasteiger partial charge in [0.2, 0.25) is 0 Å². The number of terminal acetylenes is 1. The summed E-state index contributed by atoms with van der Waals surface area (Å²) in [5.74, 6) is 2.20. The molecule has 2 aromatic heterocycles. The summed E-state index contributed by atoms with van der Waals surface area (Å²) in [7, 11) is 0. The van der Waals surface area contributed by atoms with Crippen LogP contribution in [0, 0.1) is 12.3 Å². The fourth-order valence-corrected chi connectivity index (χ4v) is 4.59. The molecular formula is C30H27N5O2. The Morgan fingerprint density at radius 2 is 1.86 bits per heavy atom. The lowest BCUT2D eigenvalue weighted by Crippen LogP contribution is -2.37. The third-order valence-electron chi connectivity index (χ3n) is 6.52. The molecule has 37 heavy (non-hydrogen) atoms. The average Bonchev–Trinajstić information content (AvgIpc) is 3.33. The van der Waals surface area contributed by atoms with Gasteiger partial charge in [0.05, 0.1) is 18.8 Å². The molecule has 3 heterocycles. The number of pyridine rings is 1. The van der Waals surface area contributed by atoms with Crippen molar-refractivity contribution in [3.05, 3.63) is 118 Å². The molecule has 0 saturated carbocycles. The SMILES string of the molecule is C#Cc1cccc(C(=O)N2CCc3c(c(C(=O)NCc4ccccn4)nn3CCc3ccccc3)C2)c1. The summed E-state index contributed by atoms with van der Waals surface area (Å²) in [5.41, 5.74) is 5.31. The van der Waals surface area contributed by atoms with Crippen LogP contribution in [0.1, 0.15) is 48.9 Å². The lowest BCUT2D eigenvalue weighted by Gasteiger charge is -2.28. The van der Waals surface area contributed by atoms with Crippen LogP contribution in [0.5, 0.6) is 0 Å². The van der Waals surface area contributed by atoms with Crippen molar-refractivity contribution in [1.82, 2.24) is 25.0 Å². The molecule has 0 aliphatic carbocycles. The van der Waals surface area contributed by atoms with E-state index in [4.69, 9.17) is 11.5 Å². The molecule has 2 aromatic carbocycles. The van der Waals surface area contributed by atoms with E-state index < -0.39 is 0 Å². The highest BCUT2D eigenvalue weighted by Gasteiger charge is 2.30. The van der Waals surface area contributed by atoms with Gasteiger partial charge in [-0.25, -0.2) is 0 Å². The minimum Gasteiger partial charge on any atom is -0.345 e. The number of benzene rings is 2. The van der Waals surface area contributed by atoms with E-state index in [0.29, 0.717) is 49.4 Å². The number of hydrogen-bond donors (Lipinski definition) is 1. The van der Waals surface area contributed by atoms with Gasteiger partial charge in [0, 0.05) is 48.1 Å². The first-order valence-electron chi connectivity index (χ1n) is 12.3. The number of hydrogen-bond acceptors (Lipinski definition) is 4. The Kier molecular flexibility index (Phi) is 7.09. The lowest BCUT2D eigenvalue weighted by molar-refractivity contribution is 0.0730. The first-order valence-corrected chi connectivity index (χ1v) is 12.3. The van der Waals surface area contributed by atoms with Crippen LogP contribution in [-0.2, 0) is 32.5 Å². The molecule has 0 bridgehead atoms. The summed E-state index contributed by atoms with van der Waals surface area (Å²) in [5, 5.41) is 7.67. The Balaban J connectivity index is 1.40. The van der Waals surface area contributed by atoms with Gasteiger partial charge in [0.25, 0.3) is 11.8 Å². The van der Waals surface area contributed by atoms with Crippen molar-refractivity contribution in [2.45, 2.75) is 32.5 Å². The molecule has 1 aliphatic rings. The molecule has 0 saturated heterocycles. The second kappa shape index (κ2) is 10.9. The van der Waals surface area contributed by atoms with E-state index in [-0.39, 0.29) is 11.8 Å². The van der Waals surface area contributed by atoms with Gasteiger partial charge in [-0.1, -0.05) is 48.4 Å². The Morgan fingerprint density at radius 3 is 2.65 bits per heavy atom. The molecule has 5 rings (SSSR count). The van der Waals surface area contributed by atoms with E-state index in [1.165, 1.54) is 5.56 Å². The summed E-state index contributed by atoms with van der Waals surface area (Å²) in [4.78, 5) is 32.6. The zero-order valence-electron chi connectivity index (χ0n) is 20.4. The number of carbonyl (C=O) groups excluding carboxylic acids is 2. The smallest absolute Gasteiger partial charge is 0.272 e. The third-order valence-corrected chi connectivity index (χ3v) is 6.52. The van der Waals surface area contributed by atoms with E-state index in [1.54, 1.807) is 35.4 Å². The van der Waals surface area contributed by atoms with Crippen LogP contribution in [0.3, 0.4) is 0 Å². The molecule has 7 nitrogen and oxygen atoms in total. The van der Waals surface area contributed by atoms with Gasteiger partial charge < -0.3 is 10.2 Å². The minimum atomic E-state index is -0.274. The molecule has 0 unspecified atom stereocenters. The molecule has 4 aromatic rings. The van der Waals surface area contributed by atoms with Crippen LogP contribution in [0.25, 0.3) is 0 Å². The zero-order valence-corrected chi connectivity index (χ0v) is 20.4. The van der Waals surface area contributed by atoms with Crippen LogP contribution in [-0.4, -0.2) is 38.0 Å². The Morgan fingerprint density at radius 1 is 1.03 bits per heavy atom. The monoisotopic (exact) mass is 489 g/mol. The topological polar surface area (TPSA) is 80.1 Å². The van der Waals surface area contributed by atoms with E-state index in [1.807, 2.05) is 41.1 Å². The molecule has 0 radical (unpaired) electrons. The zero-order chi connectivity index (χ0) is 25.6. The highest BCUT2D eigenvalue weighted by molar-refractivity contribution is 5.96. The Hall–Kier alpha value is -4.70. The van der Waals surface area contributed by atoms with Gasteiger partial charge in [0.15, 0.2) is 5.69 Å². The fraction of sp³-hybridized carbons (Fsp3) is 0.200. The summed E-state index contributed by atoms with van der Waals surface area (Å²) in [6, 6.07) is 22.8. The second-order valence-corrected chi connectivity index (χ2v) is 8.94. The van der Waals surface area contributed by atoms with E-state index in [2.05, 4.69) is 28.4 Å². The molecular weight excluding hydrogens is 462 g/mol. The summed E-state index contributed by atoms with van der Waals surface area (Å²) >= 11 is 0. The highest BCUT2D eigenvalue weighted by atomic mass is 16.2. The molecule has 1 N–H and O–H groups in total. The van der Waals surface area contributed by atoms with Crippen LogP contribution >= 0.6 is 0 Å². The number of nitrogens with one attached hydrogen (secondary N) is 1. The predicted octanol–water partition coefficient (Wildman–Crippen LogP) is 3.63. The van der Waals surface area contributed by atoms with Crippen LogP contribution in [0.15, 0.2) is 79.0 Å². The molecule has 7 heteroatoms. The Bertz CT molecular complexity index is 1450. The summed E-state index contributed by atoms with van der Waals surface area (Å²) in [6.45, 7) is 1.80. The molecule has 2 amide bonds. The van der Waals surface area contributed by atoms with Crippen molar-refractivity contribution in [2.24, 2.45) is 0 Å². The van der Waals surface area contributed by atoms with Crippen molar-refractivity contribution in [2.75, 3.05) is 6.54 Å². The van der Waals surface area contributed by atoms with Crippen LogP contribution in [0.2, 0.25) is 0 Å². The number of aromatic nitrogens is 3. The van der Waals surface area contributed by atoms with Crippen molar-refractivity contribution in [3.8, 4) is 12.3 Å². The number of amides is 2. The van der Waals surface area contributed by atoms with Crippen LogP contribution < -0.4 is 5.32 Å². The van der Waals surface area contributed by atoms with Crippen molar-refractivity contribution >= 4 is 11.8 Å². The number of rotatable bonds is 7. The van der Waals surface area contributed by atoms with Crippen molar-refractivity contribution in [3.63, 3.8) is 0 Å². The third kappa shape index (κ3) is 5.44. The standard InChI is InChI=1S/C30H27N5O2/c1-2-22-11-8-12-24(19-22)30(37)34-17-15-27-26(21-34)28(29(36)32-20-25-13-6-7-16-31-25)33-35(27)18-14-23-9-4-3-5-10-23/h1,3-13,16,19H,14-15,17-18,20-21H2,(H,32,36). The van der Waals surface area contributed by atoms with Gasteiger partial charge in [0.1, 0.15) is 0 Å². The molecule has 0 spiro atoms. The maximum Gasteiger partial charge on any atom is 0.272 e. The first kappa shape index (κ1) is 24.0. The largest absolute Gasteiger partial charge is 0.345 e. The van der Waals surface area contributed by atoms with Gasteiger partial charge >= 0.3 is 0 Å². The lowest BCUT2D eigenvalue weighted by atomic mass is 10.0. The maximum absolute atomic E-state index is 13.3. The molecule has 0 fully saturated rings. The normalized spacial score (nSPS) is 12.5. The maximum atomic E-state index is 13.3. The van der Waals surface area contributed by atoms with Crippen LogP contribution in [0.4, 0.5) is 0 Å². The second-order valence-electron chi connectivity index (χ2n) is 8.94. The first-order chi connectivity index (χ1) is 18.1. The molecule has 0 atom stereocenters. The van der Waals surface area contributed by atoms with Gasteiger partial charge in [-0.3, -0.25) is 19.3 Å². The summed E-state index contributed by atoms with van der Waals surface area (Å²) < 4.78 is 1.93. The minimum absolute atomic E-state index is 0.111. The van der Waals surface area contributed by atoms with Gasteiger partial charge in [-0.2, -0.15) is 5.10 Å². The number of fused-ring (bicyclic) bond motifs is 1. The van der Waals surface area contributed by atoms with E-state index in [9.17, 15) is 9.59 Å². The predicted molar refractivity (Wildman–Crippen MR) is 141 cm³/mol. The molecule has 184 valence electrons. The van der Waals surface area contributed by atoms with Crippen molar-refractivity contribution in [1.29, 1.82) is 0 Å². The number of carbonyl (C=O) groups is 2. The van der Waals surface area contributed by atoms with Gasteiger partial charge in [-0.15, -0.1) is 6.42 Å². The van der Waals surface area contributed by atoms with Crippen molar-refractivity contribution < 1.29 is 9.59 Å². The molecule has 1 aliphatic heterocycles. The number of nitrogens with zero attached hydrogens (tertiary/aromatic N) is 4. The number of aryl methyl sites for hydroxylation is 2. The van der Waals surface area contributed by atoms with Gasteiger partial charge in [-0.05, 0) is 42.3 Å².